The Hall–Kier alpha value is -2.54. The highest BCUT2D eigenvalue weighted by Crippen LogP contribution is 2.16. The van der Waals surface area contributed by atoms with Crippen molar-refractivity contribution in [2.45, 2.75) is 24.7 Å². The second-order valence-corrected chi connectivity index (χ2v) is 8.80. The Kier molecular flexibility index (Phi) is 7.87. The van der Waals surface area contributed by atoms with Gasteiger partial charge in [-0.3, -0.25) is 4.99 Å². The Morgan fingerprint density at radius 3 is 2.29 bits per heavy atom. The van der Waals surface area contributed by atoms with Crippen molar-refractivity contribution in [3.05, 3.63) is 59.7 Å². The average molecular weight is 404 g/mol. The fourth-order valence-corrected chi connectivity index (χ4v) is 3.24. The fraction of sp³-hybridized carbons (Fsp3) is 0.381. The van der Waals surface area contributed by atoms with Gasteiger partial charge in [-0.1, -0.05) is 36.8 Å². The molecule has 1 atom stereocenters. The van der Waals surface area contributed by atoms with Crippen LogP contribution >= 0.6 is 0 Å². The van der Waals surface area contributed by atoms with Gasteiger partial charge in [0.25, 0.3) is 0 Å². The first-order valence-corrected chi connectivity index (χ1v) is 11.1. The van der Waals surface area contributed by atoms with Crippen LogP contribution in [0.2, 0.25) is 0 Å². The van der Waals surface area contributed by atoms with Crippen molar-refractivity contribution in [1.82, 2.24) is 10.6 Å². The van der Waals surface area contributed by atoms with Crippen LogP contribution in [0.4, 0.5) is 0 Å². The van der Waals surface area contributed by atoms with E-state index in [1.165, 1.54) is 17.4 Å². The van der Waals surface area contributed by atoms with Crippen molar-refractivity contribution in [3.63, 3.8) is 0 Å². The first kappa shape index (κ1) is 21.8. The minimum Gasteiger partial charge on any atom is -0.492 e. The topological polar surface area (TPSA) is 79.8 Å². The van der Waals surface area contributed by atoms with Crippen LogP contribution in [0, 0.1) is 6.92 Å². The van der Waals surface area contributed by atoms with E-state index in [1.54, 1.807) is 31.3 Å². The van der Waals surface area contributed by atoms with Crippen molar-refractivity contribution in [2.75, 3.05) is 33.0 Å². The smallest absolute Gasteiger partial charge is 0.191 e. The molecule has 0 spiro atoms. The van der Waals surface area contributed by atoms with Gasteiger partial charge in [-0.05, 0) is 42.7 Å². The quantitative estimate of drug-likeness (QED) is 0.402. The van der Waals surface area contributed by atoms with Gasteiger partial charge in [-0.25, -0.2) is 8.42 Å². The zero-order valence-electron chi connectivity index (χ0n) is 16.9. The van der Waals surface area contributed by atoms with Crippen LogP contribution in [0.25, 0.3) is 0 Å². The molecule has 0 radical (unpaired) electrons. The van der Waals surface area contributed by atoms with E-state index in [9.17, 15) is 8.42 Å². The molecule has 0 heterocycles. The van der Waals surface area contributed by atoms with Gasteiger partial charge in [0.1, 0.15) is 12.4 Å². The fourth-order valence-electron chi connectivity index (χ4n) is 2.60. The minimum absolute atomic E-state index is 0.283. The van der Waals surface area contributed by atoms with E-state index in [0.717, 1.165) is 12.5 Å². The Balaban J connectivity index is 1.73. The number of hydrogen-bond donors (Lipinski definition) is 2. The second kappa shape index (κ2) is 10.1. The predicted molar refractivity (Wildman–Crippen MR) is 114 cm³/mol. The van der Waals surface area contributed by atoms with Crippen LogP contribution in [-0.4, -0.2) is 47.4 Å². The van der Waals surface area contributed by atoms with Crippen molar-refractivity contribution in [2.24, 2.45) is 4.99 Å². The first-order valence-electron chi connectivity index (χ1n) is 9.23. The number of benzene rings is 2. The number of guanidine groups is 1. The van der Waals surface area contributed by atoms with Crippen LogP contribution in [0.3, 0.4) is 0 Å². The lowest BCUT2D eigenvalue weighted by molar-refractivity contribution is 0.321. The Labute approximate surface area is 168 Å². The predicted octanol–water partition coefficient (Wildman–Crippen LogP) is 2.75. The van der Waals surface area contributed by atoms with Crippen molar-refractivity contribution in [1.29, 1.82) is 0 Å². The molecule has 2 aromatic rings. The van der Waals surface area contributed by atoms with Gasteiger partial charge in [0.2, 0.25) is 0 Å². The van der Waals surface area contributed by atoms with Gasteiger partial charge in [0.05, 0.1) is 11.4 Å². The molecule has 0 bridgehead atoms. The zero-order chi connectivity index (χ0) is 20.6. The summed E-state index contributed by atoms with van der Waals surface area (Å²) in [6, 6.07) is 15.0. The lowest BCUT2D eigenvalue weighted by Crippen LogP contribution is -2.40. The number of sulfone groups is 1. The first-order chi connectivity index (χ1) is 13.3. The lowest BCUT2D eigenvalue weighted by Gasteiger charge is -2.17. The molecule has 0 aliphatic heterocycles. The molecule has 1 unspecified atom stereocenters. The maximum atomic E-state index is 11.5. The third-order valence-corrected chi connectivity index (χ3v) is 5.49. The van der Waals surface area contributed by atoms with Gasteiger partial charge in [0.15, 0.2) is 15.8 Å². The highest BCUT2D eigenvalue weighted by Gasteiger charge is 2.08. The van der Waals surface area contributed by atoms with Crippen LogP contribution in [-0.2, 0) is 9.84 Å². The highest BCUT2D eigenvalue weighted by atomic mass is 32.2. The molecule has 0 fully saturated rings. The highest BCUT2D eigenvalue weighted by molar-refractivity contribution is 7.90. The van der Waals surface area contributed by atoms with Gasteiger partial charge in [0, 0.05) is 19.8 Å². The minimum atomic E-state index is -3.19. The summed E-state index contributed by atoms with van der Waals surface area (Å²) in [6.07, 6.45) is 1.19. The molecule has 0 aliphatic rings. The SMILES string of the molecule is CN=C(NCCOc1ccc(S(C)(=O)=O)cc1)NCC(C)c1ccc(C)cc1. The summed E-state index contributed by atoms with van der Waals surface area (Å²) in [6.45, 7) is 6.05. The summed E-state index contributed by atoms with van der Waals surface area (Å²) >= 11 is 0. The summed E-state index contributed by atoms with van der Waals surface area (Å²) in [7, 11) is -1.45. The molecule has 2 N–H and O–H groups in total. The third kappa shape index (κ3) is 6.88. The molecular formula is C21H29N3O3S. The molecule has 28 heavy (non-hydrogen) atoms. The summed E-state index contributed by atoms with van der Waals surface area (Å²) in [5.41, 5.74) is 2.54. The molecule has 152 valence electrons. The number of nitrogens with one attached hydrogen (secondary N) is 2. The van der Waals surface area contributed by atoms with Gasteiger partial charge >= 0.3 is 0 Å². The number of ether oxygens (including phenoxy) is 1. The maximum Gasteiger partial charge on any atom is 0.191 e. The van der Waals surface area contributed by atoms with Crippen LogP contribution in [0.15, 0.2) is 58.4 Å². The normalized spacial score (nSPS) is 13.1. The number of aryl methyl sites for hydroxylation is 1. The molecule has 0 amide bonds. The standard InChI is InChI=1S/C21H29N3O3S/c1-16-5-7-18(8-6-16)17(2)15-24-21(22-3)23-13-14-27-19-9-11-20(12-10-19)28(4,25)26/h5-12,17H,13-15H2,1-4H3,(H2,22,23,24). The largest absolute Gasteiger partial charge is 0.492 e. The van der Waals surface area contributed by atoms with Crippen molar-refractivity contribution in [3.8, 4) is 5.75 Å². The monoisotopic (exact) mass is 403 g/mol. The molecule has 7 heteroatoms. The molecule has 0 saturated carbocycles. The molecule has 6 nitrogen and oxygen atoms in total. The maximum absolute atomic E-state index is 11.5. The third-order valence-electron chi connectivity index (χ3n) is 4.36. The number of rotatable bonds is 8. The van der Waals surface area contributed by atoms with Gasteiger partial charge in [-0.15, -0.1) is 0 Å². The van der Waals surface area contributed by atoms with E-state index >= 15 is 0 Å². The molecular weight excluding hydrogens is 374 g/mol. The van der Waals surface area contributed by atoms with Gasteiger partial charge in [-0.2, -0.15) is 0 Å². The van der Waals surface area contributed by atoms with Crippen molar-refractivity contribution >= 4 is 15.8 Å². The molecule has 0 aliphatic carbocycles. The van der Waals surface area contributed by atoms with E-state index in [1.807, 2.05) is 0 Å². The van der Waals surface area contributed by atoms with Crippen LogP contribution < -0.4 is 15.4 Å². The van der Waals surface area contributed by atoms with Crippen molar-refractivity contribution < 1.29 is 13.2 Å². The van der Waals surface area contributed by atoms with E-state index in [0.29, 0.717) is 24.8 Å². The molecule has 0 aromatic heterocycles. The number of aliphatic imine (C=N–C) groups is 1. The molecule has 2 aromatic carbocycles. The summed E-state index contributed by atoms with van der Waals surface area (Å²) in [4.78, 5) is 4.51. The Morgan fingerprint density at radius 1 is 1.07 bits per heavy atom. The number of nitrogens with zero attached hydrogens (tertiary/aromatic N) is 1. The number of hydrogen-bond acceptors (Lipinski definition) is 4. The van der Waals surface area contributed by atoms with E-state index in [4.69, 9.17) is 4.74 Å². The Bertz CT molecular complexity index is 876. The summed E-state index contributed by atoms with van der Waals surface area (Å²) in [5.74, 6) is 1.71. The zero-order valence-corrected chi connectivity index (χ0v) is 17.7. The summed E-state index contributed by atoms with van der Waals surface area (Å²) in [5, 5.41) is 6.53. The average Bonchev–Trinajstić information content (AvgIpc) is 2.67. The Morgan fingerprint density at radius 2 is 1.71 bits per heavy atom. The van der Waals surface area contributed by atoms with E-state index < -0.39 is 9.84 Å². The molecule has 0 saturated heterocycles. The van der Waals surface area contributed by atoms with Crippen LogP contribution in [0.5, 0.6) is 5.75 Å². The second-order valence-electron chi connectivity index (χ2n) is 6.78. The van der Waals surface area contributed by atoms with E-state index in [-0.39, 0.29) is 4.90 Å². The molecule has 2 rings (SSSR count). The van der Waals surface area contributed by atoms with Gasteiger partial charge < -0.3 is 15.4 Å². The van der Waals surface area contributed by atoms with Crippen LogP contribution in [0.1, 0.15) is 24.0 Å². The summed E-state index contributed by atoms with van der Waals surface area (Å²) < 4.78 is 28.5. The lowest BCUT2D eigenvalue weighted by atomic mass is 10.0. The van der Waals surface area contributed by atoms with E-state index in [2.05, 4.69) is 53.7 Å².